The molecule has 29 heavy (non-hydrogen) atoms. The van der Waals surface area contributed by atoms with Crippen LogP contribution in [0.5, 0.6) is 0 Å². The summed E-state index contributed by atoms with van der Waals surface area (Å²) in [6.45, 7) is 5.86. The van der Waals surface area contributed by atoms with Crippen LogP contribution in [0, 0.1) is 0 Å². The highest BCUT2D eigenvalue weighted by Gasteiger charge is 2.14. The second-order valence-corrected chi connectivity index (χ2v) is 8.26. The van der Waals surface area contributed by atoms with Crippen molar-refractivity contribution in [1.82, 2.24) is 4.57 Å². The first-order chi connectivity index (χ1) is 14.0. The predicted molar refractivity (Wildman–Crippen MR) is 117 cm³/mol. The Labute approximate surface area is 173 Å². The number of aryl methyl sites for hydroxylation is 2. The Morgan fingerprint density at radius 3 is 2.72 bits per heavy atom. The molecule has 4 rings (SSSR count). The molecule has 148 valence electrons. The Kier molecular flexibility index (Phi) is 5.45. The van der Waals surface area contributed by atoms with Crippen molar-refractivity contribution in [3.8, 4) is 0 Å². The van der Waals surface area contributed by atoms with E-state index in [2.05, 4.69) is 23.0 Å². The van der Waals surface area contributed by atoms with Crippen LogP contribution in [0.2, 0.25) is 0 Å². The number of carbonyl (C=O) groups is 2. The van der Waals surface area contributed by atoms with Gasteiger partial charge >= 0.3 is 0 Å². The van der Waals surface area contributed by atoms with E-state index in [4.69, 9.17) is 0 Å². The minimum atomic E-state index is -0.232. The number of carbonyl (C=O) groups excluding carboxylic acids is 2. The molecular formula is C23H23N3O2S. The van der Waals surface area contributed by atoms with Crippen molar-refractivity contribution in [1.29, 1.82) is 0 Å². The molecule has 0 fully saturated rings. The molecule has 0 atom stereocenters. The van der Waals surface area contributed by atoms with Gasteiger partial charge in [0, 0.05) is 24.7 Å². The average Bonchev–Trinajstić information content (AvgIpc) is 3.03. The molecule has 5 nitrogen and oxygen atoms in total. The second kappa shape index (κ2) is 8.17. The summed E-state index contributed by atoms with van der Waals surface area (Å²) >= 11 is 1.43. The number of rotatable bonds is 4. The van der Waals surface area contributed by atoms with E-state index >= 15 is 0 Å². The summed E-state index contributed by atoms with van der Waals surface area (Å²) in [4.78, 5) is 29.3. The Balaban J connectivity index is 1.75. The summed E-state index contributed by atoms with van der Waals surface area (Å²) in [6.07, 6.45) is 6.30. The molecule has 2 aromatic carbocycles. The molecule has 0 aliphatic heterocycles. The van der Waals surface area contributed by atoms with E-state index < -0.39 is 0 Å². The predicted octanol–water partition coefficient (Wildman–Crippen LogP) is 4.47. The number of thiazole rings is 1. The van der Waals surface area contributed by atoms with Crippen molar-refractivity contribution in [3.05, 3.63) is 70.5 Å². The molecule has 0 saturated carbocycles. The van der Waals surface area contributed by atoms with Crippen LogP contribution in [0.4, 0.5) is 5.69 Å². The maximum absolute atomic E-state index is 12.9. The fraction of sp³-hybridized carbons (Fsp3) is 0.261. The van der Waals surface area contributed by atoms with Crippen LogP contribution < -0.4 is 10.1 Å². The highest BCUT2D eigenvalue weighted by Crippen LogP contribution is 2.24. The number of anilines is 1. The lowest BCUT2D eigenvalue weighted by molar-refractivity contribution is -0.114. The van der Waals surface area contributed by atoms with Crippen molar-refractivity contribution < 1.29 is 9.59 Å². The van der Waals surface area contributed by atoms with Gasteiger partial charge in [0.1, 0.15) is 0 Å². The second-order valence-electron chi connectivity index (χ2n) is 7.26. The molecule has 0 bridgehead atoms. The molecule has 3 aromatic rings. The van der Waals surface area contributed by atoms with E-state index in [1.165, 1.54) is 42.2 Å². The van der Waals surface area contributed by atoms with Gasteiger partial charge in [0.05, 0.1) is 10.2 Å². The van der Waals surface area contributed by atoms with Gasteiger partial charge in [-0.05, 0) is 67.1 Å². The van der Waals surface area contributed by atoms with E-state index in [-0.39, 0.29) is 11.8 Å². The van der Waals surface area contributed by atoms with Crippen LogP contribution in [0.15, 0.2) is 54.0 Å². The standard InChI is InChI=1S/C23H23N3O2S/c1-3-12-26-20-11-10-19(24-15(2)27)14-21(20)29-23(26)25-22(28)18-9-8-16-6-4-5-7-17(16)13-18/h3,8-11,13-14H,1,4-7,12H2,2H3,(H,24,27). The molecule has 1 aliphatic rings. The van der Waals surface area contributed by atoms with Gasteiger partial charge in [-0.25, -0.2) is 0 Å². The molecular weight excluding hydrogens is 382 g/mol. The Hall–Kier alpha value is -2.99. The average molecular weight is 406 g/mol. The zero-order valence-corrected chi connectivity index (χ0v) is 17.2. The largest absolute Gasteiger partial charge is 0.326 e. The third-order valence-electron chi connectivity index (χ3n) is 5.11. The van der Waals surface area contributed by atoms with Crippen LogP contribution in [-0.2, 0) is 24.2 Å². The fourth-order valence-corrected chi connectivity index (χ4v) is 4.84. The Bertz CT molecular complexity index is 1190. The van der Waals surface area contributed by atoms with Gasteiger partial charge in [-0.15, -0.1) is 6.58 Å². The van der Waals surface area contributed by atoms with Gasteiger partial charge in [0.15, 0.2) is 4.80 Å². The SMILES string of the molecule is C=CCn1c(=NC(=O)c2ccc3c(c2)CCCC3)sc2cc(NC(C)=O)ccc21. The number of benzene rings is 2. The van der Waals surface area contributed by atoms with Crippen molar-refractivity contribution in [2.45, 2.75) is 39.2 Å². The van der Waals surface area contributed by atoms with Crippen LogP contribution in [0.25, 0.3) is 10.2 Å². The summed E-state index contributed by atoms with van der Waals surface area (Å²) < 4.78 is 2.93. The number of fused-ring (bicyclic) bond motifs is 2. The Morgan fingerprint density at radius 2 is 1.97 bits per heavy atom. The summed E-state index contributed by atoms with van der Waals surface area (Å²) in [7, 11) is 0. The summed E-state index contributed by atoms with van der Waals surface area (Å²) in [5, 5.41) is 2.79. The lowest BCUT2D eigenvalue weighted by Crippen LogP contribution is -2.16. The van der Waals surface area contributed by atoms with E-state index in [0.717, 1.165) is 28.7 Å². The molecule has 2 amide bonds. The minimum Gasteiger partial charge on any atom is -0.326 e. The Morgan fingerprint density at radius 1 is 1.17 bits per heavy atom. The quantitative estimate of drug-likeness (QED) is 0.651. The van der Waals surface area contributed by atoms with Gasteiger partial charge in [0.2, 0.25) is 5.91 Å². The van der Waals surface area contributed by atoms with E-state index in [1.807, 2.05) is 34.9 Å². The summed E-state index contributed by atoms with van der Waals surface area (Å²) in [6, 6.07) is 11.6. The van der Waals surface area contributed by atoms with Crippen LogP contribution in [0.1, 0.15) is 41.3 Å². The fourth-order valence-electron chi connectivity index (χ4n) is 3.76. The third kappa shape index (κ3) is 4.07. The molecule has 0 unspecified atom stereocenters. The van der Waals surface area contributed by atoms with E-state index in [0.29, 0.717) is 16.9 Å². The zero-order chi connectivity index (χ0) is 20.4. The number of allylic oxidation sites excluding steroid dienone is 1. The third-order valence-corrected chi connectivity index (χ3v) is 6.15. The molecule has 1 N–H and O–H groups in total. The molecule has 0 radical (unpaired) electrons. The summed E-state index contributed by atoms with van der Waals surface area (Å²) in [5.41, 5.74) is 4.94. The number of hydrogen-bond acceptors (Lipinski definition) is 3. The molecule has 1 heterocycles. The lowest BCUT2D eigenvalue weighted by atomic mass is 9.90. The maximum atomic E-state index is 12.9. The first kappa shape index (κ1) is 19.3. The number of nitrogens with one attached hydrogen (secondary N) is 1. The minimum absolute atomic E-state index is 0.118. The van der Waals surface area contributed by atoms with Crippen LogP contribution >= 0.6 is 11.3 Å². The van der Waals surface area contributed by atoms with Crippen molar-refractivity contribution in [2.75, 3.05) is 5.32 Å². The van der Waals surface area contributed by atoms with Crippen LogP contribution in [0.3, 0.4) is 0 Å². The van der Waals surface area contributed by atoms with Gasteiger partial charge < -0.3 is 9.88 Å². The molecule has 0 saturated heterocycles. The van der Waals surface area contributed by atoms with Crippen molar-refractivity contribution >= 4 is 39.1 Å². The van der Waals surface area contributed by atoms with Crippen molar-refractivity contribution in [3.63, 3.8) is 0 Å². The zero-order valence-electron chi connectivity index (χ0n) is 16.4. The van der Waals surface area contributed by atoms with Gasteiger partial charge in [0.25, 0.3) is 5.91 Å². The van der Waals surface area contributed by atoms with Gasteiger partial charge in [-0.1, -0.05) is 23.5 Å². The molecule has 1 aliphatic carbocycles. The van der Waals surface area contributed by atoms with Gasteiger partial charge in [-0.2, -0.15) is 4.99 Å². The van der Waals surface area contributed by atoms with Gasteiger partial charge in [-0.3, -0.25) is 9.59 Å². The van der Waals surface area contributed by atoms with Crippen LogP contribution in [-0.4, -0.2) is 16.4 Å². The normalized spacial score (nSPS) is 13.9. The highest BCUT2D eigenvalue weighted by molar-refractivity contribution is 7.16. The number of nitrogens with zero attached hydrogens (tertiary/aromatic N) is 2. The first-order valence-electron chi connectivity index (χ1n) is 9.78. The number of amides is 2. The molecule has 0 spiro atoms. The summed E-state index contributed by atoms with van der Waals surface area (Å²) in [5.74, 6) is -0.350. The molecule has 6 heteroatoms. The maximum Gasteiger partial charge on any atom is 0.279 e. The monoisotopic (exact) mass is 405 g/mol. The topological polar surface area (TPSA) is 63.5 Å². The first-order valence-corrected chi connectivity index (χ1v) is 10.6. The number of hydrogen-bond donors (Lipinski definition) is 1. The van der Waals surface area contributed by atoms with Crippen molar-refractivity contribution in [2.24, 2.45) is 4.99 Å². The molecule has 1 aromatic heterocycles. The van der Waals surface area contributed by atoms with E-state index in [9.17, 15) is 9.59 Å². The number of aromatic nitrogens is 1. The smallest absolute Gasteiger partial charge is 0.279 e. The highest BCUT2D eigenvalue weighted by atomic mass is 32.1. The lowest BCUT2D eigenvalue weighted by Gasteiger charge is -2.15. The van der Waals surface area contributed by atoms with E-state index in [1.54, 1.807) is 6.08 Å².